The van der Waals surface area contributed by atoms with Crippen LogP contribution in [0.5, 0.6) is 0 Å². The molecule has 5 N–H and O–H groups in total. The standard InChI is InChI=1S/C28H34NO11/c1-3-14-17(12-22(32)33)15(24(34)37-2)4-5-19(14)38-26-27(36)9-6-18-16-7-10-29-23(16)20(8-11-30)40-28(18,25(27)35)21(13-31)39-26/h3-4,7,10,14,17,19,21,25-26,30-31,35-36H,1,5-6,8-9,11-13H2,2H3,(H,32,33)/q-1. The van der Waals surface area contributed by atoms with Crippen LogP contribution in [0.3, 0.4) is 0 Å². The van der Waals surface area contributed by atoms with Crippen LogP contribution < -0.4 is 15.6 Å². The molecule has 4 aliphatic rings. The van der Waals surface area contributed by atoms with Crippen LogP contribution in [0.15, 0.2) is 36.6 Å². The number of ether oxygens (including phenoxy) is 4. The van der Waals surface area contributed by atoms with E-state index in [1.165, 1.54) is 13.2 Å². The number of carbonyl (C=O) groups is 2. The number of methoxy groups -OCH3 is 1. The van der Waals surface area contributed by atoms with E-state index in [2.05, 4.69) is 11.6 Å². The number of fused-ring (bicyclic) bond motifs is 2. The van der Waals surface area contributed by atoms with Gasteiger partial charge in [-0.2, -0.15) is 6.20 Å². The average Bonchev–Trinajstić information content (AvgIpc) is 3.42. The molecule has 2 bridgehead atoms. The van der Waals surface area contributed by atoms with Gasteiger partial charge in [-0.1, -0.05) is 23.6 Å². The van der Waals surface area contributed by atoms with E-state index in [-0.39, 0.29) is 44.3 Å². The fourth-order valence-corrected chi connectivity index (χ4v) is 6.79. The van der Waals surface area contributed by atoms with Gasteiger partial charge in [-0.3, -0.25) is 4.79 Å². The summed E-state index contributed by atoms with van der Waals surface area (Å²) in [5.74, 6) is -2.94. The molecule has 0 radical (unpaired) electrons. The Balaban J connectivity index is 1.51. The summed E-state index contributed by atoms with van der Waals surface area (Å²) in [4.78, 5) is 28.4. The maximum Gasteiger partial charge on any atom is 0.333 e. The molecule has 0 aromatic carbocycles. The smallest absolute Gasteiger partial charge is 0.333 e. The van der Waals surface area contributed by atoms with Crippen molar-refractivity contribution in [1.82, 2.24) is 4.98 Å². The van der Waals surface area contributed by atoms with Gasteiger partial charge in [-0.05, 0) is 30.1 Å². The van der Waals surface area contributed by atoms with Crippen molar-refractivity contribution in [3.8, 4) is 0 Å². The Labute approximate surface area is 229 Å². The number of aliphatic carboxylic acids is 1. The third-order valence-corrected chi connectivity index (χ3v) is 8.64. The molecule has 1 aromatic rings. The molecule has 12 nitrogen and oxygen atoms in total. The number of aromatic nitrogens is 1. The van der Waals surface area contributed by atoms with Crippen molar-refractivity contribution in [1.29, 1.82) is 0 Å². The largest absolute Gasteiger partial charge is 0.661 e. The number of hydrogen-bond donors (Lipinski definition) is 5. The molecule has 40 heavy (non-hydrogen) atoms. The summed E-state index contributed by atoms with van der Waals surface area (Å²) in [6.45, 7) is 3.00. The highest BCUT2D eigenvalue weighted by molar-refractivity contribution is 5.90. The Morgan fingerprint density at radius 2 is 2.10 bits per heavy atom. The third kappa shape index (κ3) is 4.21. The van der Waals surface area contributed by atoms with Crippen LogP contribution in [-0.2, 0) is 28.5 Å². The van der Waals surface area contributed by atoms with E-state index < -0.39 is 66.2 Å². The summed E-state index contributed by atoms with van der Waals surface area (Å²) in [5, 5.41) is 54.6. The molecular weight excluding hydrogens is 526 g/mol. The molecule has 5 rings (SSSR count). The second-order valence-corrected chi connectivity index (χ2v) is 10.6. The minimum atomic E-state index is -1.97. The first-order valence-electron chi connectivity index (χ1n) is 13.3. The molecule has 2 aliphatic heterocycles. The molecule has 3 heterocycles. The van der Waals surface area contributed by atoms with E-state index >= 15 is 0 Å². The van der Waals surface area contributed by atoms with Gasteiger partial charge in [-0.25, -0.2) is 4.79 Å². The Kier molecular flexibility index (Phi) is 7.68. The van der Waals surface area contributed by atoms with Gasteiger partial charge in [0.05, 0.1) is 38.6 Å². The summed E-state index contributed by atoms with van der Waals surface area (Å²) < 4.78 is 23.6. The van der Waals surface area contributed by atoms with Crippen LogP contribution >= 0.6 is 0 Å². The van der Waals surface area contributed by atoms with E-state index in [0.717, 1.165) is 0 Å². The second-order valence-electron chi connectivity index (χ2n) is 10.6. The van der Waals surface area contributed by atoms with Crippen molar-refractivity contribution in [2.75, 3.05) is 20.3 Å². The van der Waals surface area contributed by atoms with Crippen LogP contribution in [0.25, 0.3) is 11.3 Å². The zero-order valence-corrected chi connectivity index (χ0v) is 22.1. The SMILES string of the molecule is C=CC1C(OC2OC(CO)C34OC(CCO)=c5[n-]ccc5=C3CCC2(O)C4O)CC=C(C(=O)OC)C1CC(=O)O. The van der Waals surface area contributed by atoms with Gasteiger partial charge in [0.25, 0.3) is 0 Å². The quantitative estimate of drug-likeness (QED) is 0.173. The molecule has 2 fully saturated rings. The van der Waals surface area contributed by atoms with Crippen molar-refractivity contribution < 1.29 is 54.1 Å². The Bertz CT molecular complexity index is 1330. The number of carbonyl (C=O) groups excluding carboxylic acids is 1. The van der Waals surface area contributed by atoms with E-state index in [1.54, 1.807) is 18.3 Å². The molecule has 0 amide bonds. The van der Waals surface area contributed by atoms with E-state index in [4.69, 9.17) is 18.9 Å². The molecule has 8 unspecified atom stereocenters. The highest BCUT2D eigenvalue weighted by Crippen LogP contribution is 2.53. The van der Waals surface area contributed by atoms with Gasteiger partial charge in [0.15, 0.2) is 11.9 Å². The van der Waals surface area contributed by atoms with Crippen molar-refractivity contribution in [2.24, 2.45) is 11.8 Å². The monoisotopic (exact) mass is 560 g/mol. The number of esters is 1. The maximum atomic E-state index is 12.4. The number of carboxylic acid groups (broad SMARTS) is 1. The lowest BCUT2D eigenvalue weighted by Crippen LogP contribution is -2.78. The molecular formula is C28H34NO11-. The van der Waals surface area contributed by atoms with Gasteiger partial charge < -0.3 is 49.5 Å². The fourth-order valence-electron chi connectivity index (χ4n) is 6.79. The summed E-state index contributed by atoms with van der Waals surface area (Å²) >= 11 is 0. The lowest BCUT2D eigenvalue weighted by Gasteiger charge is -2.60. The molecule has 1 saturated heterocycles. The van der Waals surface area contributed by atoms with Gasteiger partial charge in [-0.15, -0.1) is 6.58 Å². The number of carboxylic acids is 1. The molecule has 1 spiro atoms. The number of hydrogen-bond acceptors (Lipinski definition) is 10. The third-order valence-electron chi connectivity index (χ3n) is 8.64. The van der Waals surface area contributed by atoms with Crippen molar-refractivity contribution in [2.45, 2.75) is 67.9 Å². The predicted octanol–water partition coefficient (Wildman–Crippen LogP) is -1.56. The summed E-state index contributed by atoms with van der Waals surface area (Å²) in [6, 6.07) is 1.77. The number of rotatable bonds is 9. The molecule has 1 aromatic heterocycles. The summed E-state index contributed by atoms with van der Waals surface area (Å²) in [5.41, 5.74) is -2.80. The number of aliphatic hydroxyl groups is 4. The van der Waals surface area contributed by atoms with Gasteiger partial charge in [0.2, 0.25) is 0 Å². The normalized spacial score (nSPS) is 36.6. The van der Waals surface area contributed by atoms with E-state index in [0.29, 0.717) is 21.9 Å². The Morgan fingerprint density at radius 3 is 2.75 bits per heavy atom. The lowest BCUT2D eigenvalue weighted by molar-refractivity contribution is -0.372. The van der Waals surface area contributed by atoms with Crippen LogP contribution in [-0.4, -0.2) is 93.6 Å². The lowest BCUT2D eigenvalue weighted by atomic mass is 9.63. The predicted molar refractivity (Wildman–Crippen MR) is 136 cm³/mol. The zero-order valence-electron chi connectivity index (χ0n) is 22.1. The maximum absolute atomic E-state index is 12.4. The Hall–Kier alpha value is -3.00. The summed E-state index contributed by atoms with van der Waals surface area (Å²) in [6.07, 6.45) is -0.137. The molecule has 12 heteroatoms. The zero-order chi connectivity index (χ0) is 28.8. The van der Waals surface area contributed by atoms with Crippen molar-refractivity contribution in [3.05, 3.63) is 47.1 Å². The highest BCUT2D eigenvalue weighted by atomic mass is 16.7. The van der Waals surface area contributed by atoms with E-state index in [9.17, 15) is 35.1 Å². The molecule has 8 atom stereocenters. The molecule has 1 saturated carbocycles. The number of aliphatic hydroxyl groups excluding tert-OH is 3. The minimum absolute atomic E-state index is 0.0324. The fraction of sp³-hybridized carbons (Fsp3) is 0.571. The van der Waals surface area contributed by atoms with Gasteiger partial charge in [0.1, 0.15) is 17.8 Å². The molecule has 2 aliphatic carbocycles. The first kappa shape index (κ1) is 28.5. The van der Waals surface area contributed by atoms with E-state index in [1.807, 2.05) is 0 Å². The van der Waals surface area contributed by atoms with Crippen molar-refractivity contribution in [3.63, 3.8) is 0 Å². The topological polar surface area (TPSA) is 186 Å². The summed E-state index contributed by atoms with van der Waals surface area (Å²) in [7, 11) is 1.21. The first-order chi connectivity index (χ1) is 19.2. The van der Waals surface area contributed by atoms with Gasteiger partial charge in [0, 0.05) is 23.8 Å². The van der Waals surface area contributed by atoms with Crippen LogP contribution in [0.1, 0.15) is 32.1 Å². The highest BCUT2D eigenvalue weighted by Gasteiger charge is 2.69. The second kappa shape index (κ2) is 10.8. The average molecular weight is 561 g/mol. The van der Waals surface area contributed by atoms with Crippen LogP contribution in [0.2, 0.25) is 0 Å². The van der Waals surface area contributed by atoms with Gasteiger partial charge >= 0.3 is 11.9 Å². The van der Waals surface area contributed by atoms with Crippen molar-refractivity contribution >= 4 is 23.3 Å². The van der Waals surface area contributed by atoms with Crippen LogP contribution in [0.4, 0.5) is 0 Å². The first-order valence-corrected chi connectivity index (χ1v) is 13.3. The minimum Gasteiger partial charge on any atom is -0.661 e. The van der Waals surface area contributed by atoms with Crippen LogP contribution in [0, 0.1) is 11.8 Å². The Morgan fingerprint density at radius 1 is 1.32 bits per heavy atom. The molecule has 218 valence electrons. The number of nitrogens with zero attached hydrogens (tertiary/aromatic N) is 1.